The van der Waals surface area contributed by atoms with Crippen molar-refractivity contribution in [2.45, 2.75) is 20.4 Å². The number of ether oxygens (including phenoxy) is 2. The van der Waals surface area contributed by atoms with Crippen molar-refractivity contribution in [3.05, 3.63) is 36.7 Å². The van der Waals surface area contributed by atoms with Crippen LogP contribution in [0, 0.1) is 0 Å². The predicted octanol–water partition coefficient (Wildman–Crippen LogP) is 2.99. The van der Waals surface area contributed by atoms with Gasteiger partial charge in [-0.2, -0.15) is 5.10 Å². The van der Waals surface area contributed by atoms with Gasteiger partial charge in [0, 0.05) is 30.7 Å². The lowest BCUT2D eigenvalue weighted by molar-refractivity contribution is 0.311. The molecule has 2 aromatic rings. The van der Waals surface area contributed by atoms with Crippen molar-refractivity contribution in [3.63, 3.8) is 0 Å². The standard InChI is InChI=1S/C17H25N5O2.HI/c1-4-18-17(19-10-12-22-11-6-9-20-22)21-14-7-8-15(24-5-2)16(13-14)23-3;/h6-9,11,13H,4-5,10,12H2,1-3H3,(H2,18,19,21);1H. The Balaban J connectivity index is 0.00000312. The molecule has 0 atom stereocenters. The summed E-state index contributed by atoms with van der Waals surface area (Å²) in [5.74, 6) is 2.14. The molecule has 1 aromatic carbocycles. The minimum Gasteiger partial charge on any atom is -0.493 e. The molecule has 1 aromatic heterocycles. The zero-order valence-corrected chi connectivity index (χ0v) is 17.2. The maximum Gasteiger partial charge on any atom is 0.195 e. The second-order valence-corrected chi connectivity index (χ2v) is 4.95. The van der Waals surface area contributed by atoms with Crippen LogP contribution < -0.4 is 20.1 Å². The van der Waals surface area contributed by atoms with E-state index < -0.39 is 0 Å². The highest BCUT2D eigenvalue weighted by atomic mass is 127. The third-order valence-corrected chi connectivity index (χ3v) is 3.23. The smallest absolute Gasteiger partial charge is 0.195 e. The second kappa shape index (κ2) is 11.6. The Morgan fingerprint density at radius 3 is 2.76 bits per heavy atom. The van der Waals surface area contributed by atoms with Crippen LogP contribution in [0.5, 0.6) is 11.5 Å². The number of aliphatic imine (C=N–C) groups is 1. The van der Waals surface area contributed by atoms with Crippen LogP contribution in [-0.2, 0) is 6.54 Å². The lowest BCUT2D eigenvalue weighted by Gasteiger charge is -2.14. The fourth-order valence-corrected chi connectivity index (χ4v) is 2.16. The maximum absolute atomic E-state index is 5.53. The predicted molar refractivity (Wildman–Crippen MR) is 111 cm³/mol. The van der Waals surface area contributed by atoms with Crippen molar-refractivity contribution in [2.24, 2.45) is 4.99 Å². The molecule has 7 nitrogen and oxygen atoms in total. The van der Waals surface area contributed by atoms with Gasteiger partial charge in [0.15, 0.2) is 17.5 Å². The molecule has 0 amide bonds. The number of benzene rings is 1. The molecule has 0 radical (unpaired) electrons. The first-order valence-corrected chi connectivity index (χ1v) is 8.10. The zero-order valence-electron chi connectivity index (χ0n) is 14.9. The Bertz CT molecular complexity index is 646. The molecular formula is C17H26IN5O2. The van der Waals surface area contributed by atoms with Gasteiger partial charge in [0.2, 0.25) is 0 Å². The Morgan fingerprint density at radius 1 is 1.28 bits per heavy atom. The van der Waals surface area contributed by atoms with E-state index in [-0.39, 0.29) is 24.0 Å². The van der Waals surface area contributed by atoms with E-state index in [4.69, 9.17) is 9.47 Å². The molecule has 0 fully saturated rings. The van der Waals surface area contributed by atoms with Gasteiger partial charge in [-0.15, -0.1) is 24.0 Å². The molecule has 0 saturated carbocycles. The third-order valence-electron chi connectivity index (χ3n) is 3.23. The fourth-order valence-electron chi connectivity index (χ4n) is 2.16. The Labute approximate surface area is 165 Å². The minimum atomic E-state index is 0. The quantitative estimate of drug-likeness (QED) is 0.361. The van der Waals surface area contributed by atoms with Gasteiger partial charge in [-0.25, -0.2) is 0 Å². The van der Waals surface area contributed by atoms with E-state index in [9.17, 15) is 0 Å². The maximum atomic E-state index is 5.53. The highest BCUT2D eigenvalue weighted by molar-refractivity contribution is 14.0. The minimum absolute atomic E-state index is 0. The van der Waals surface area contributed by atoms with Crippen LogP contribution in [0.2, 0.25) is 0 Å². The second-order valence-electron chi connectivity index (χ2n) is 4.95. The van der Waals surface area contributed by atoms with Crippen LogP contribution in [0.4, 0.5) is 5.69 Å². The monoisotopic (exact) mass is 459 g/mol. The van der Waals surface area contributed by atoms with E-state index in [1.165, 1.54) is 0 Å². The van der Waals surface area contributed by atoms with Crippen molar-refractivity contribution in [1.82, 2.24) is 15.1 Å². The molecule has 2 N–H and O–H groups in total. The first-order chi connectivity index (χ1) is 11.8. The lowest BCUT2D eigenvalue weighted by Crippen LogP contribution is -2.31. The van der Waals surface area contributed by atoms with Crippen molar-refractivity contribution in [2.75, 3.05) is 32.1 Å². The zero-order chi connectivity index (χ0) is 17.2. The van der Waals surface area contributed by atoms with Gasteiger partial charge in [0.25, 0.3) is 0 Å². The van der Waals surface area contributed by atoms with E-state index >= 15 is 0 Å². The van der Waals surface area contributed by atoms with Crippen LogP contribution in [0.1, 0.15) is 13.8 Å². The molecule has 2 rings (SSSR count). The molecule has 8 heteroatoms. The van der Waals surface area contributed by atoms with Crippen LogP contribution >= 0.6 is 24.0 Å². The molecule has 0 aliphatic heterocycles. The molecule has 0 unspecified atom stereocenters. The van der Waals surface area contributed by atoms with E-state index in [0.717, 1.165) is 30.5 Å². The topological polar surface area (TPSA) is 72.7 Å². The van der Waals surface area contributed by atoms with Gasteiger partial charge in [0.05, 0.1) is 26.8 Å². The Hall–Kier alpha value is -1.97. The molecule has 0 aliphatic rings. The summed E-state index contributed by atoms with van der Waals surface area (Å²) in [7, 11) is 1.63. The fraction of sp³-hybridized carbons (Fsp3) is 0.412. The first kappa shape index (κ1) is 21.1. The largest absolute Gasteiger partial charge is 0.493 e. The molecule has 0 bridgehead atoms. The summed E-state index contributed by atoms with van der Waals surface area (Å²) in [5, 5.41) is 10.7. The summed E-state index contributed by atoms with van der Waals surface area (Å²) in [4.78, 5) is 4.56. The summed E-state index contributed by atoms with van der Waals surface area (Å²) in [6.45, 7) is 6.72. The van der Waals surface area contributed by atoms with Crippen molar-refractivity contribution >= 4 is 35.6 Å². The highest BCUT2D eigenvalue weighted by Crippen LogP contribution is 2.30. The van der Waals surface area contributed by atoms with E-state index in [2.05, 4.69) is 20.7 Å². The van der Waals surface area contributed by atoms with Gasteiger partial charge in [-0.1, -0.05) is 0 Å². The number of halogens is 1. The molecule has 0 aliphatic carbocycles. The number of aromatic nitrogens is 2. The first-order valence-electron chi connectivity index (χ1n) is 8.10. The van der Waals surface area contributed by atoms with E-state index in [1.807, 2.05) is 49.0 Å². The summed E-state index contributed by atoms with van der Waals surface area (Å²) in [6.07, 6.45) is 3.69. The molecule has 1 heterocycles. The number of hydrogen-bond acceptors (Lipinski definition) is 4. The van der Waals surface area contributed by atoms with Crippen LogP contribution in [0.15, 0.2) is 41.7 Å². The molecule has 0 spiro atoms. The molecule has 25 heavy (non-hydrogen) atoms. The summed E-state index contributed by atoms with van der Waals surface area (Å²) >= 11 is 0. The van der Waals surface area contributed by atoms with Gasteiger partial charge in [-0.05, 0) is 32.0 Å². The molecule has 138 valence electrons. The van der Waals surface area contributed by atoms with Crippen LogP contribution in [0.3, 0.4) is 0 Å². The normalized spacial score (nSPS) is 10.8. The summed E-state index contributed by atoms with van der Waals surface area (Å²) in [6, 6.07) is 7.62. The van der Waals surface area contributed by atoms with Gasteiger partial charge in [0.1, 0.15) is 0 Å². The van der Waals surface area contributed by atoms with Crippen molar-refractivity contribution in [1.29, 1.82) is 0 Å². The average Bonchev–Trinajstić information content (AvgIpc) is 3.10. The number of methoxy groups -OCH3 is 1. The average molecular weight is 459 g/mol. The Morgan fingerprint density at radius 2 is 2.12 bits per heavy atom. The number of rotatable bonds is 8. The van der Waals surface area contributed by atoms with Gasteiger partial charge in [-0.3, -0.25) is 9.67 Å². The van der Waals surface area contributed by atoms with Crippen molar-refractivity contribution in [3.8, 4) is 11.5 Å². The number of guanidine groups is 1. The molecule has 0 saturated heterocycles. The number of nitrogens with one attached hydrogen (secondary N) is 2. The lowest BCUT2D eigenvalue weighted by atomic mass is 10.2. The van der Waals surface area contributed by atoms with E-state index in [1.54, 1.807) is 13.3 Å². The summed E-state index contributed by atoms with van der Waals surface area (Å²) < 4.78 is 12.8. The number of nitrogens with zero attached hydrogens (tertiary/aromatic N) is 3. The van der Waals surface area contributed by atoms with Crippen LogP contribution in [0.25, 0.3) is 0 Å². The number of anilines is 1. The van der Waals surface area contributed by atoms with Crippen LogP contribution in [-0.4, -0.2) is 42.5 Å². The van der Waals surface area contributed by atoms with Gasteiger partial charge < -0.3 is 20.1 Å². The highest BCUT2D eigenvalue weighted by Gasteiger charge is 2.06. The Kier molecular flexibility index (Phi) is 9.75. The van der Waals surface area contributed by atoms with Gasteiger partial charge >= 0.3 is 0 Å². The SMILES string of the molecule is CCNC(=NCCn1cccn1)Nc1ccc(OCC)c(OC)c1.I. The van der Waals surface area contributed by atoms with E-state index in [0.29, 0.717) is 18.9 Å². The third kappa shape index (κ3) is 6.81. The number of hydrogen-bond donors (Lipinski definition) is 2. The van der Waals surface area contributed by atoms with Crippen molar-refractivity contribution < 1.29 is 9.47 Å². The molecular weight excluding hydrogens is 433 g/mol. The summed E-state index contributed by atoms with van der Waals surface area (Å²) in [5.41, 5.74) is 0.883.